The van der Waals surface area contributed by atoms with Crippen molar-refractivity contribution in [2.75, 3.05) is 26.2 Å². The van der Waals surface area contributed by atoms with Gasteiger partial charge in [0.15, 0.2) is 0 Å². The second-order valence-electron chi connectivity index (χ2n) is 7.73. The maximum Gasteiger partial charge on any atom is 0.137 e. The molecule has 0 N–H and O–H groups in total. The number of nitriles is 2. The van der Waals surface area contributed by atoms with Crippen molar-refractivity contribution in [3.63, 3.8) is 0 Å². The lowest BCUT2D eigenvalue weighted by Gasteiger charge is -2.41. The fraction of sp³-hybridized carbons (Fsp3) is 0.391. The van der Waals surface area contributed by atoms with Crippen molar-refractivity contribution in [2.24, 2.45) is 0 Å². The van der Waals surface area contributed by atoms with Gasteiger partial charge in [-0.05, 0) is 48.7 Å². The summed E-state index contributed by atoms with van der Waals surface area (Å²) in [6.07, 6.45) is 2.37. The van der Waals surface area contributed by atoms with Crippen LogP contribution in [0.3, 0.4) is 0 Å². The van der Waals surface area contributed by atoms with Crippen LogP contribution in [0.2, 0.25) is 0 Å². The van der Waals surface area contributed by atoms with Gasteiger partial charge in [0, 0.05) is 38.3 Å². The largest absolute Gasteiger partial charge is 0.491 e. The van der Waals surface area contributed by atoms with Crippen molar-refractivity contribution in [1.82, 2.24) is 9.80 Å². The van der Waals surface area contributed by atoms with E-state index in [1.807, 2.05) is 18.2 Å². The number of rotatable bonds is 6. The SMILES string of the molecule is N#Cc1ccc(OCCN2C3CCC2CN(Cc2ccc(F)cc2)C3)c(C#N)c1. The normalized spacial score (nSPS) is 21.5. The molecule has 2 aliphatic rings. The highest BCUT2D eigenvalue weighted by molar-refractivity contribution is 5.48. The number of fused-ring (bicyclic) bond motifs is 2. The van der Waals surface area contributed by atoms with Crippen LogP contribution >= 0.6 is 0 Å². The molecule has 2 unspecified atom stereocenters. The van der Waals surface area contributed by atoms with Gasteiger partial charge in [0.1, 0.15) is 24.2 Å². The Balaban J connectivity index is 1.31. The summed E-state index contributed by atoms with van der Waals surface area (Å²) < 4.78 is 19.0. The molecule has 2 aromatic rings. The Morgan fingerprint density at radius 1 is 1.00 bits per heavy atom. The first kappa shape index (κ1) is 19.4. The van der Waals surface area contributed by atoms with Gasteiger partial charge in [0.2, 0.25) is 0 Å². The van der Waals surface area contributed by atoms with Crippen LogP contribution in [0.1, 0.15) is 29.5 Å². The molecule has 6 heteroatoms. The molecule has 0 radical (unpaired) electrons. The molecule has 2 heterocycles. The third-order valence-electron chi connectivity index (χ3n) is 5.86. The molecular weight excluding hydrogens is 367 g/mol. The fourth-order valence-electron chi connectivity index (χ4n) is 4.49. The molecule has 148 valence electrons. The highest BCUT2D eigenvalue weighted by Crippen LogP contribution is 2.30. The first-order valence-electron chi connectivity index (χ1n) is 9.96. The molecule has 0 saturated carbocycles. The van der Waals surface area contributed by atoms with E-state index in [0.717, 1.165) is 31.7 Å². The predicted molar refractivity (Wildman–Crippen MR) is 107 cm³/mol. The summed E-state index contributed by atoms with van der Waals surface area (Å²) in [4.78, 5) is 4.98. The molecule has 0 amide bonds. The van der Waals surface area contributed by atoms with Crippen LogP contribution in [0.5, 0.6) is 5.75 Å². The third kappa shape index (κ3) is 4.40. The van der Waals surface area contributed by atoms with E-state index in [4.69, 9.17) is 10.00 Å². The van der Waals surface area contributed by atoms with Gasteiger partial charge >= 0.3 is 0 Å². The maximum atomic E-state index is 13.1. The minimum Gasteiger partial charge on any atom is -0.491 e. The van der Waals surface area contributed by atoms with E-state index in [1.165, 1.54) is 25.0 Å². The van der Waals surface area contributed by atoms with Gasteiger partial charge in [-0.3, -0.25) is 9.80 Å². The average molecular weight is 390 g/mol. The molecule has 0 aliphatic carbocycles. The van der Waals surface area contributed by atoms with E-state index in [-0.39, 0.29) is 5.82 Å². The smallest absolute Gasteiger partial charge is 0.137 e. The lowest BCUT2D eigenvalue weighted by Crippen LogP contribution is -2.54. The number of likely N-dealkylation sites (tertiary alicyclic amines) is 1. The molecule has 2 fully saturated rings. The summed E-state index contributed by atoms with van der Waals surface area (Å²) >= 11 is 0. The molecule has 2 aromatic carbocycles. The molecule has 2 atom stereocenters. The lowest BCUT2D eigenvalue weighted by molar-refractivity contribution is 0.0522. The molecule has 2 saturated heterocycles. The van der Waals surface area contributed by atoms with Gasteiger partial charge in [-0.1, -0.05) is 12.1 Å². The predicted octanol–water partition coefficient (Wildman–Crippen LogP) is 3.30. The molecule has 4 rings (SSSR count). The maximum absolute atomic E-state index is 13.1. The van der Waals surface area contributed by atoms with Crippen LogP contribution in [-0.2, 0) is 6.54 Å². The molecule has 2 aliphatic heterocycles. The zero-order valence-electron chi connectivity index (χ0n) is 16.2. The minimum absolute atomic E-state index is 0.194. The quantitative estimate of drug-likeness (QED) is 0.757. The monoisotopic (exact) mass is 390 g/mol. The Kier molecular flexibility index (Phi) is 5.76. The fourth-order valence-corrected chi connectivity index (χ4v) is 4.49. The number of ether oxygens (including phenoxy) is 1. The lowest BCUT2D eigenvalue weighted by atomic mass is 10.1. The molecule has 0 aromatic heterocycles. The first-order chi connectivity index (χ1) is 14.2. The zero-order chi connectivity index (χ0) is 20.2. The van der Waals surface area contributed by atoms with Crippen molar-refractivity contribution in [1.29, 1.82) is 10.5 Å². The summed E-state index contributed by atoms with van der Waals surface area (Å²) in [6.45, 7) is 4.22. The van der Waals surface area contributed by atoms with Gasteiger partial charge in [0.25, 0.3) is 0 Å². The summed E-state index contributed by atoms with van der Waals surface area (Å²) in [6, 6.07) is 16.9. The van der Waals surface area contributed by atoms with Crippen LogP contribution in [0, 0.1) is 28.5 Å². The van der Waals surface area contributed by atoms with E-state index >= 15 is 0 Å². The van der Waals surface area contributed by atoms with Crippen molar-refractivity contribution in [3.8, 4) is 17.9 Å². The molecular formula is C23H23FN4O. The summed E-state index contributed by atoms with van der Waals surface area (Å²) in [7, 11) is 0. The Labute approximate surface area is 170 Å². The second-order valence-corrected chi connectivity index (χ2v) is 7.73. The van der Waals surface area contributed by atoms with E-state index in [1.54, 1.807) is 18.2 Å². The summed E-state index contributed by atoms with van der Waals surface area (Å²) in [5.74, 6) is 0.342. The number of piperazine rings is 1. The summed E-state index contributed by atoms with van der Waals surface area (Å²) in [5.41, 5.74) is 2.01. The number of nitrogens with zero attached hydrogens (tertiary/aromatic N) is 4. The molecule has 0 spiro atoms. The Morgan fingerprint density at radius 2 is 1.72 bits per heavy atom. The van der Waals surface area contributed by atoms with Gasteiger partial charge in [-0.25, -0.2) is 4.39 Å². The van der Waals surface area contributed by atoms with Crippen LogP contribution < -0.4 is 4.74 Å². The zero-order valence-corrected chi connectivity index (χ0v) is 16.2. The van der Waals surface area contributed by atoms with Crippen LogP contribution in [0.15, 0.2) is 42.5 Å². The Morgan fingerprint density at radius 3 is 2.38 bits per heavy atom. The average Bonchev–Trinajstić information content (AvgIpc) is 2.98. The second kappa shape index (κ2) is 8.61. The molecule has 2 bridgehead atoms. The number of hydrogen-bond acceptors (Lipinski definition) is 5. The highest BCUT2D eigenvalue weighted by atomic mass is 19.1. The molecule has 29 heavy (non-hydrogen) atoms. The van der Waals surface area contributed by atoms with Gasteiger partial charge < -0.3 is 4.74 Å². The first-order valence-corrected chi connectivity index (χ1v) is 9.96. The van der Waals surface area contributed by atoms with Crippen LogP contribution in [0.25, 0.3) is 0 Å². The standard InChI is InChI=1S/C23H23FN4O/c24-20-4-1-17(2-5-20)14-27-15-21-6-7-22(16-27)28(21)9-10-29-23-8-3-18(12-25)11-19(23)13-26/h1-5,8,11,21-22H,6-7,9-10,14-16H2. The minimum atomic E-state index is -0.194. The Bertz CT molecular complexity index is 933. The number of halogens is 1. The van der Waals surface area contributed by atoms with Gasteiger partial charge in [0.05, 0.1) is 17.2 Å². The topological polar surface area (TPSA) is 63.3 Å². The van der Waals surface area contributed by atoms with E-state index in [2.05, 4.69) is 15.9 Å². The summed E-state index contributed by atoms with van der Waals surface area (Å²) in [5, 5.41) is 18.2. The van der Waals surface area contributed by atoms with Crippen LogP contribution in [-0.4, -0.2) is 48.1 Å². The van der Waals surface area contributed by atoms with Crippen LogP contribution in [0.4, 0.5) is 4.39 Å². The van der Waals surface area contributed by atoms with Crippen molar-refractivity contribution in [3.05, 3.63) is 65.0 Å². The number of benzene rings is 2. The van der Waals surface area contributed by atoms with Crippen molar-refractivity contribution in [2.45, 2.75) is 31.5 Å². The number of hydrogen-bond donors (Lipinski definition) is 0. The van der Waals surface area contributed by atoms with Crippen molar-refractivity contribution < 1.29 is 9.13 Å². The third-order valence-corrected chi connectivity index (χ3v) is 5.86. The van der Waals surface area contributed by atoms with Gasteiger partial charge in [-0.2, -0.15) is 10.5 Å². The highest BCUT2D eigenvalue weighted by Gasteiger charge is 2.39. The van der Waals surface area contributed by atoms with E-state index < -0.39 is 0 Å². The van der Waals surface area contributed by atoms with Gasteiger partial charge in [-0.15, -0.1) is 0 Å². The van der Waals surface area contributed by atoms with E-state index in [9.17, 15) is 9.65 Å². The molecule has 5 nitrogen and oxygen atoms in total. The van der Waals surface area contributed by atoms with E-state index in [0.29, 0.717) is 35.6 Å². The Hall–Kier alpha value is -2.93. The van der Waals surface area contributed by atoms with Crippen molar-refractivity contribution >= 4 is 0 Å².